The van der Waals surface area contributed by atoms with Crippen LogP contribution < -0.4 is 5.32 Å². The van der Waals surface area contributed by atoms with Crippen molar-refractivity contribution in [3.05, 3.63) is 29.8 Å². The second kappa shape index (κ2) is 5.76. The molecule has 0 saturated heterocycles. The average Bonchev–Trinajstić information content (AvgIpc) is 2.38. The molecule has 1 aliphatic carbocycles. The first-order valence-electron chi connectivity index (χ1n) is 6.35. The maximum Gasteiger partial charge on any atom is 0.391 e. The van der Waals surface area contributed by atoms with Gasteiger partial charge in [-0.25, -0.2) is 4.39 Å². The molecule has 2 rings (SSSR count). The number of carbonyl (C=O) groups is 1. The largest absolute Gasteiger partial charge is 0.391 e. The molecule has 0 aromatic carbocycles. The van der Waals surface area contributed by atoms with Crippen LogP contribution in [-0.2, 0) is 0 Å². The Morgan fingerprint density at radius 3 is 2.45 bits per heavy atom. The van der Waals surface area contributed by atoms with Crippen LogP contribution in [0.15, 0.2) is 18.5 Å². The highest BCUT2D eigenvalue weighted by Gasteiger charge is 2.41. The Morgan fingerprint density at radius 1 is 1.25 bits per heavy atom. The van der Waals surface area contributed by atoms with E-state index in [4.69, 9.17) is 0 Å². The molecular formula is C13H14F4N2O. The van der Waals surface area contributed by atoms with Crippen molar-refractivity contribution in [2.75, 3.05) is 0 Å². The van der Waals surface area contributed by atoms with E-state index in [2.05, 4.69) is 10.3 Å². The van der Waals surface area contributed by atoms with Crippen LogP contribution in [0.3, 0.4) is 0 Å². The van der Waals surface area contributed by atoms with Crippen LogP contribution in [0.5, 0.6) is 0 Å². The fourth-order valence-electron chi connectivity index (χ4n) is 2.39. The summed E-state index contributed by atoms with van der Waals surface area (Å²) in [7, 11) is 0. The van der Waals surface area contributed by atoms with Crippen LogP contribution in [0.25, 0.3) is 0 Å². The van der Waals surface area contributed by atoms with Gasteiger partial charge in [-0.15, -0.1) is 0 Å². The lowest BCUT2D eigenvalue weighted by Gasteiger charge is -2.30. The van der Waals surface area contributed by atoms with Crippen LogP contribution in [-0.4, -0.2) is 23.1 Å². The summed E-state index contributed by atoms with van der Waals surface area (Å²) in [6.45, 7) is 0. The third-order valence-electron chi connectivity index (χ3n) is 3.54. The number of hydrogen-bond acceptors (Lipinski definition) is 2. The number of rotatable bonds is 2. The molecule has 3 nitrogen and oxygen atoms in total. The highest BCUT2D eigenvalue weighted by molar-refractivity contribution is 5.94. The lowest BCUT2D eigenvalue weighted by atomic mass is 9.85. The number of carbonyl (C=O) groups excluding carboxylic acids is 1. The van der Waals surface area contributed by atoms with E-state index in [-0.39, 0.29) is 37.3 Å². The van der Waals surface area contributed by atoms with Crippen molar-refractivity contribution in [2.45, 2.75) is 37.9 Å². The second-order valence-corrected chi connectivity index (χ2v) is 4.92. The molecule has 1 aromatic rings. The van der Waals surface area contributed by atoms with Gasteiger partial charge in [0.25, 0.3) is 5.91 Å². The first kappa shape index (κ1) is 14.7. The number of alkyl halides is 3. The highest BCUT2D eigenvalue weighted by atomic mass is 19.4. The highest BCUT2D eigenvalue weighted by Crippen LogP contribution is 2.37. The van der Waals surface area contributed by atoms with Gasteiger partial charge in [0.2, 0.25) is 0 Å². The van der Waals surface area contributed by atoms with Gasteiger partial charge in [0, 0.05) is 12.2 Å². The topological polar surface area (TPSA) is 42.0 Å². The lowest BCUT2D eigenvalue weighted by molar-refractivity contribution is -0.182. The van der Waals surface area contributed by atoms with Gasteiger partial charge in [0.15, 0.2) is 5.82 Å². The number of nitrogens with one attached hydrogen (secondary N) is 1. The Hall–Kier alpha value is -1.66. The zero-order valence-corrected chi connectivity index (χ0v) is 10.6. The summed E-state index contributed by atoms with van der Waals surface area (Å²) < 4.78 is 50.9. The van der Waals surface area contributed by atoms with Crippen molar-refractivity contribution in [2.24, 2.45) is 5.92 Å². The van der Waals surface area contributed by atoms with Gasteiger partial charge in [-0.1, -0.05) is 0 Å². The van der Waals surface area contributed by atoms with Gasteiger partial charge in [-0.05, 0) is 31.7 Å². The van der Waals surface area contributed by atoms with Crippen molar-refractivity contribution < 1.29 is 22.4 Å². The molecule has 1 amide bonds. The number of amides is 1. The lowest BCUT2D eigenvalue weighted by Crippen LogP contribution is -2.40. The van der Waals surface area contributed by atoms with E-state index in [9.17, 15) is 22.4 Å². The Morgan fingerprint density at radius 2 is 1.90 bits per heavy atom. The quantitative estimate of drug-likeness (QED) is 0.851. The predicted molar refractivity (Wildman–Crippen MR) is 63.5 cm³/mol. The summed E-state index contributed by atoms with van der Waals surface area (Å²) in [5.74, 6) is -2.65. The molecule has 0 atom stereocenters. The fraction of sp³-hybridized carbons (Fsp3) is 0.538. The number of halogens is 4. The molecule has 110 valence electrons. The molecule has 1 heterocycles. The van der Waals surface area contributed by atoms with E-state index >= 15 is 0 Å². The van der Waals surface area contributed by atoms with Gasteiger partial charge in [-0.2, -0.15) is 13.2 Å². The number of hydrogen-bond donors (Lipinski definition) is 1. The molecule has 1 N–H and O–H groups in total. The molecule has 0 unspecified atom stereocenters. The van der Waals surface area contributed by atoms with E-state index in [0.717, 1.165) is 6.20 Å². The molecule has 0 radical (unpaired) electrons. The van der Waals surface area contributed by atoms with Crippen LogP contribution in [0.2, 0.25) is 0 Å². The summed E-state index contributed by atoms with van der Waals surface area (Å²) in [5.41, 5.74) is -0.141. The van der Waals surface area contributed by atoms with Crippen molar-refractivity contribution in [3.8, 4) is 0 Å². The summed E-state index contributed by atoms with van der Waals surface area (Å²) in [4.78, 5) is 15.3. The SMILES string of the molecule is O=C(NC1CCC(C(F)(F)F)CC1)c1ccncc1F. The molecular weight excluding hydrogens is 276 g/mol. The molecule has 1 aromatic heterocycles. The maximum atomic E-state index is 13.3. The molecule has 1 fully saturated rings. The van der Waals surface area contributed by atoms with E-state index < -0.39 is 23.8 Å². The third kappa shape index (κ3) is 3.46. The van der Waals surface area contributed by atoms with Crippen molar-refractivity contribution in [1.29, 1.82) is 0 Å². The van der Waals surface area contributed by atoms with Gasteiger partial charge in [0.1, 0.15) is 0 Å². The van der Waals surface area contributed by atoms with Crippen LogP contribution in [0.1, 0.15) is 36.0 Å². The summed E-state index contributed by atoms with van der Waals surface area (Å²) in [6.07, 6.45) is -1.47. The minimum absolute atomic E-state index is 0.00667. The minimum atomic E-state index is -4.17. The molecule has 1 saturated carbocycles. The predicted octanol–water partition coefficient (Wildman–Crippen LogP) is 3.07. The van der Waals surface area contributed by atoms with Crippen LogP contribution in [0.4, 0.5) is 17.6 Å². The smallest absolute Gasteiger partial charge is 0.349 e. The van der Waals surface area contributed by atoms with Gasteiger partial charge >= 0.3 is 6.18 Å². The molecule has 1 aliphatic rings. The van der Waals surface area contributed by atoms with Crippen LogP contribution >= 0.6 is 0 Å². The summed E-state index contributed by atoms with van der Waals surface area (Å²) in [6, 6.07) is 0.903. The molecule has 20 heavy (non-hydrogen) atoms. The van der Waals surface area contributed by atoms with E-state index in [1.807, 2.05) is 0 Å². The molecule has 0 spiro atoms. The van der Waals surface area contributed by atoms with E-state index in [1.165, 1.54) is 12.3 Å². The van der Waals surface area contributed by atoms with Crippen molar-refractivity contribution >= 4 is 5.91 Å². The van der Waals surface area contributed by atoms with Crippen LogP contribution in [0, 0.1) is 11.7 Å². The zero-order valence-electron chi connectivity index (χ0n) is 10.6. The van der Waals surface area contributed by atoms with Gasteiger partial charge in [0.05, 0.1) is 17.7 Å². The fourth-order valence-corrected chi connectivity index (χ4v) is 2.39. The minimum Gasteiger partial charge on any atom is -0.349 e. The Labute approximate surface area is 113 Å². The Bertz CT molecular complexity index is 482. The maximum absolute atomic E-state index is 13.3. The zero-order chi connectivity index (χ0) is 14.8. The van der Waals surface area contributed by atoms with Gasteiger partial charge < -0.3 is 5.32 Å². The standard InChI is InChI=1S/C13H14F4N2O/c14-11-7-18-6-5-10(11)12(20)19-9-3-1-8(2-4-9)13(15,16)17/h5-9H,1-4H2,(H,19,20). The first-order valence-corrected chi connectivity index (χ1v) is 6.35. The number of pyridine rings is 1. The average molecular weight is 290 g/mol. The van der Waals surface area contributed by atoms with Crippen molar-refractivity contribution in [3.63, 3.8) is 0 Å². The summed E-state index contributed by atoms with van der Waals surface area (Å²) in [5, 5.41) is 2.57. The number of aromatic nitrogens is 1. The Balaban J connectivity index is 1.90. The van der Waals surface area contributed by atoms with E-state index in [1.54, 1.807) is 0 Å². The Kier molecular flexibility index (Phi) is 4.25. The number of nitrogens with zero attached hydrogens (tertiary/aromatic N) is 1. The monoisotopic (exact) mass is 290 g/mol. The third-order valence-corrected chi connectivity index (χ3v) is 3.54. The molecule has 0 bridgehead atoms. The molecule has 0 aliphatic heterocycles. The van der Waals surface area contributed by atoms with Gasteiger partial charge in [-0.3, -0.25) is 9.78 Å². The molecule has 7 heteroatoms. The normalized spacial score (nSPS) is 23.4. The first-order chi connectivity index (χ1) is 9.38. The van der Waals surface area contributed by atoms with Crippen molar-refractivity contribution in [1.82, 2.24) is 10.3 Å². The summed E-state index contributed by atoms with van der Waals surface area (Å²) >= 11 is 0. The second-order valence-electron chi connectivity index (χ2n) is 4.92. The van der Waals surface area contributed by atoms with E-state index in [0.29, 0.717) is 0 Å².